The van der Waals surface area contributed by atoms with Gasteiger partial charge in [0.05, 0.1) is 17.2 Å². The molecule has 9 nitrogen and oxygen atoms in total. The molecule has 3 aromatic rings. The molecule has 0 aliphatic heterocycles. The number of nitrogens with zero attached hydrogens (tertiary/aromatic N) is 5. The summed E-state index contributed by atoms with van der Waals surface area (Å²) in [6.45, 7) is 0.527. The highest BCUT2D eigenvalue weighted by Crippen LogP contribution is 2.24. The molecule has 0 radical (unpaired) electrons. The van der Waals surface area contributed by atoms with Crippen LogP contribution in [0.25, 0.3) is 0 Å². The molecule has 1 N–H and O–H groups in total. The molecule has 0 saturated heterocycles. The molecule has 0 atom stereocenters. The second-order valence-corrected chi connectivity index (χ2v) is 6.78. The third-order valence-corrected chi connectivity index (χ3v) is 4.91. The Labute approximate surface area is 150 Å². The predicted molar refractivity (Wildman–Crippen MR) is 93.7 cm³/mol. The van der Waals surface area contributed by atoms with E-state index in [1.165, 1.54) is 23.9 Å². The number of anilines is 1. The Balaban J connectivity index is 1.60. The minimum Gasteiger partial charge on any atom is -0.320 e. The highest BCUT2D eigenvalue weighted by atomic mass is 32.2. The second-order valence-electron chi connectivity index (χ2n) is 4.81. The highest BCUT2D eigenvalue weighted by Gasteiger charge is 2.16. The number of benzene rings is 1. The van der Waals surface area contributed by atoms with Gasteiger partial charge in [-0.1, -0.05) is 30.0 Å². The topological polar surface area (TPSA) is 116 Å². The first kappa shape index (κ1) is 17.0. The van der Waals surface area contributed by atoms with Crippen molar-refractivity contribution in [2.75, 3.05) is 11.1 Å². The first-order valence-electron chi connectivity index (χ1n) is 7.08. The molecule has 0 bridgehead atoms. The standard InChI is InChI=1S/C14H12N6O3S2/c21-13(15-11-5-1-2-6-12(11)20(22)23)9-25-14-16-17-18-19(14)8-10-4-3-7-24-10/h1-7H,8-9H2,(H,15,21). The molecular weight excluding hydrogens is 364 g/mol. The van der Waals surface area contributed by atoms with Crippen LogP contribution in [-0.2, 0) is 11.3 Å². The lowest BCUT2D eigenvalue weighted by atomic mass is 10.2. The Kier molecular flexibility index (Phi) is 5.36. The molecule has 0 aliphatic rings. The van der Waals surface area contributed by atoms with Gasteiger partial charge in [-0.25, -0.2) is 4.68 Å². The van der Waals surface area contributed by atoms with Gasteiger partial charge in [0.25, 0.3) is 5.69 Å². The molecule has 0 spiro atoms. The monoisotopic (exact) mass is 376 g/mol. The van der Waals surface area contributed by atoms with Crippen molar-refractivity contribution >= 4 is 40.4 Å². The lowest BCUT2D eigenvalue weighted by Gasteiger charge is -2.06. The van der Waals surface area contributed by atoms with Crippen LogP contribution in [-0.4, -0.2) is 36.8 Å². The van der Waals surface area contributed by atoms with E-state index >= 15 is 0 Å². The maximum absolute atomic E-state index is 12.1. The molecule has 3 rings (SSSR count). The number of hydrogen-bond donors (Lipinski definition) is 1. The summed E-state index contributed by atoms with van der Waals surface area (Å²) in [5.74, 6) is -0.332. The lowest BCUT2D eigenvalue weighted by Crippen LogP contribution is -2.15. The van der Waals surface area contributed by atoms with Crippen LogP contribution in [0.1, 0.15) is 4.88 Å². The fourth-order valence-corrected chi connectivity index (χ4v) is 3.37. The number of thioether (sulfide) groups is 1. The van der Waals surface area contributed by atoms with Gasteiger partial charge in [-0.15, -0.1) is 16.4 Å². The largest absolute Gasteiger partial charge is 0.320 e. The summed E-state index contributed by atoms with van der Waals surface area (Å²) in [5, 5.41) is 27.4. The number of tetrazole rings is 1. The first-order chi connectivity index (χ1) is 12.1. The minimum atomic E-state index is -0.537. The van der Waals surface area contributed by atoms with E-state index in [0.717, 1.165) is 4.88 Å². The van der Waals surface area contributed by atoms with Gasteiger partial charge in [-0.2, -0.15) is 0 Å². The van der Waals surface area contributed by atoms with Crippen LogP contribution in [0.15, 0.2) is 46.9 Å². The SMILES string of the molecule is O=C(CSc1nnnn1Cc1cccs1)Nc1ccccc1[N+](=O)[O-]. The molecule has 0 aliphatic carbocycles. The Morgan fingerprint density at radius 3 is 2.92 bits per heavy atom. The van der Waals surface area contributed by atoms with Crippen molar-refractivity contribution in [3.63, 3.8) is 0 Å². The van der Waals surface area contributed by atoms with Crippen LogP contribution in [0.5, 0.6) is 0 Å². The zero-order chi connectivity index (χ0) is 17.6. The number of hydrogen-bond acceptors (Lipinski definition) is 8. The van der Waals surface area contributed by atoms with Crippen LogP contribution < -0.4 is 5.32 Å². The Morgan fingerprint density at radius 1 is 1.32 bits per heavy atom. The third kappa shape index (κ3) is 4.39. The number of para-hydroxylation sites is 2. The number of nitro benzene ring substituents is 1. The highest BCUT2D eigenvalue weighted by molar-refractivity contribution is 7.99. The molecule has 1 amide bonds. The van der Waals surface area contributed by atoms with Crippen molar-refractivity contribution in [3.05, 3.63) is 56.8 Å². The molecule has 2 aromatic heterocycles. The second kappa shape index (κ2) is 7.85. The van der Waals surface area contributed by atoms with Gasteiger partial charge in [-0.3, -0.25) is 14.9 Å². The van der Waals surface area contributed by atoms with Crippen molar-refractivity contribution in [1.82, 2.24) is 20.2 Å². The number of nitrogens with one attached hydrogen (secondary N) is 1. The van der Waals surface area contributed by atoms with Crippen LogP contribution in [0.2, 0.25) is 0 Å². The van der Waals surface area contributed by atoms with Crippen molar-refractivity contribution in [2.24, 2.45) is 0 Å². The molecule has 11 heteroatoms. The average molecular weight is 376 g/mol. The molecule has 1 aromatic carbocycles. The van der Waals surface area contributed by atoms with E-state index in [1.807, 2.05) is 17.5 Å². The summed E-state index contributed by atoms with van der Waals surface area (Å²) in [6.07, 6.45) is 0. The number of rotatable bonds is 7. The number of carbonyl (C=O) groups excluding carboxylic acids is 1. The zero-order valence-electron chi connectivity index (χ0n) is 12.7. The van der Waals surface area contributed by atoms with E-state index in [4.69, 9.17) is 0 Å². The van der Waals surface area contributed by atoms with Gasteiger partial charge in [-0.05, 0) is 27.9 Å². The maximum Gasteiger partial charge on any atom is 0.292 e. The van der Waals surface area contributed by atoms with Crippen LogP contribution in [0.4, 0.5) is 11.4 Å². The summed E-state index contributed by atoms with van der Waals surface area (Å²) in [6, 6.07) is 9.91. The van der Waals surface area contributed by atoms with Crippen molar-refractivity contribution < 1.29 is 9.72 Å². The molecule has 0 unspecified atom stereocenters. The fraction of sp³-hybridized carbons (Fsp3) is 0.143. The van der Waals surface area contributed by atoms with Gasteiger partial charge in [0, 0.05) is 10.9 Å². The number of nitro groups is 1. The Morgan fingerprint density at radius 2 is 2.16 bits per heavy atom. The lowest BCUT2D eigenvalue weighted by molar-refractivity contribution is -0.383. The van der Waals surface area contributed by atoms with Crippen LogP contribution in [0.3, 0.4) is 0 Å². The zero-order valence-corrected chi connectivity index (χ0v) is 14.4. The van der Waals surface area contributed by atoms with Gasteiger partial charge < -0.3 is 5.32 Å². The van der Waals surface area contributed by atoms with E-state index in [1.54, 1.807) is 28.2 Å². The number of aromatic nitrogens is 4. The normalized spacial score (nSPS) is 10.6. The fourth-order valence-electron chi connectivity index (χ4n) is 2.00. The third-order valence-electron chi connectivity index (χ3n) is 3.09. The smallest absolute Gasteiger partial charge is 0.292 e. The quantitative estimate of drug-likeness (QED) is 0.382. The predicted octanol–water partition coefficient (Wildman–Crippen LogP) is 2.42. The van der Waals surface area contributed by atoms with Crippen molar-refractivity contribution in [3.8, 4) is 0 Å². The Bertz CT molecular complexity index is 880. The summed E-state index contributed by atoms with van der Waals surface area (Å²) >= 11 is 2.76. The van der Waals surface area contributed by atoms with Gasteiger partial charge in [0.15, 0.2) is 0 Å². The summed E-state index contributed by atoms with van der Waals surface area (Å²) in [7, 11) is 0. The van der Waals surface area contributed by atoms with Crippen LogP contribution in [0, 0.1) is 10.1 Å². The number of carbonyl (C=O) groups is 1. The molecular formula is C14H12N6O3S2. The van der Waals surface area contributed by atoms with E-state index in [2.05, 4.69) is 20.8 Å². The van der Waals surface area contributed by atoms with E-state index in [-0.39, 0.29) is 23.0 Å². The van der Waals surface area contributed by atoms with Gasteiger partial charge in [0.1, 0.15) is 5.69 Å². The summed E-state index contributed by atoms with van der Waals surface area (Å²) in [4.78, 5) is 23.6. The van der Waals surface area contributed by atoms with Gasteiger partial charge >= 0.3 is 0 Å². The van der Waals surface area contributed by atoms with E-state index in [9.17, 15) is 14.9 Å². The number of amides is 1. The first-order valence-corrected chi connectivity index (χ1v) is 8.94. The molecule has 128 valence electrons. The van der Waals surface area contributed by atoms with Crippen molar-refractivity contribution in [2.45, 2.75) is 11.7 Å². The number of thiophene rings is 1. The molecule has 2 heterocycles. The van der Waals surface area contributed by atoms with Crippen molar-refractivity contribution in [1.29, 1.82) is 0 Å². The molecule has 0 fully saturated rings. The van der Waals surface area contributed by atoms with Gasteiger partial charge in [0.2, 0.25) is 11.1 Å². The summed E-state index contributed by atoms with van der Waals surface area (Å²) in [5.41, 5.74) is 0.0136. The van der Waals surface area contributed by atoms with Crippen LogP contribution >= 0.6 is 23.1 Å². The summed E-state index contributed by atoms with van der Waals surface area (Å²) < 4.78 is 1.61. The molecule has 0 saturated carbocycles. The van der Waals surface area contributed by atoms with E-state index in [0.29, 0.717) is 11.7 Å². The van der Waals surface area contributed by atoms with E-state index < -0.39 is 4.92 Å². The minimum absolute atomic E-state index is 0.0386. The maximum atomic E-state index is 12.1. The average Bonchev–Trinajstić information content (AvgIpc) is 3.26. The molecule has 25 heavy (non-hydrogen) atoms. The Hall–Kier alpha value is -2.79.